The van der Waals surface area contributed by atoms with Crippen molar-refractivity contribution < 1.29 is 28.9 Å². The predicted octanol–water partition coefficient (Wildman–Crippen LogP) is -0.592. The van der Waals surface area contributed by atoms with Crippen molar-refractivity contribution >= 4 is 63.1 Å². The number of carboxylic acids is 1. The Hall–Kier alpha value is -2.97. The summed E-state index contributed by atoms with van der Waals surface area (Å²) in [5, 5.41) is 19.7. The average Bonchev–Trinajstić information content (AvgIpc) is 3.46. The number of oxime groups is 1. The van der Waals surface area contributed by atoms with Gasteiger partial charge in [0.05, 0.1) is 16.5 Å². The van der Waals surface area contributed by atoms with Gasteiger partial charge in [0, 0.05) is 23.1 Å². The molecule has 4 heterocycles. The first kappa shape index (κ1) is 23.8. The summed E-state index contributed by atoms with van der Waals surface area (Å²) in [6, 6.07) is -0.914. The minimum atomic E-state index is -1.40. The van der Waals surface area contributed by atoms with Crippen LogP contribution in [-0.2, 0) is 38.6 Å². The number of thioether (sulfide) groups is 1. The van der Waals surface area contributed by atoms with Crippen LogP contribution < -0.4 is 20.7 Å². The Morgan fingerprint density at radius 2 is 2.17 bits per heavy atom. The number of β-lactam (4-membered cyclic amide) rings is 1. The molecular weight excluding hydrogens is 512 g/mol. The van der Waals surface area contributed by atoms with Gasteiger partial charge in [0.15, 0.2) is 23.1 Å². The molecule has 184 valence electrons. The number of aryl methyl sites for hydroxylation is 1. The zero-order valence-electron chi connectivity index (χ0n) is 18.7. The molecule has 2 amide bonds. The molecule has 11 nitrogen and oxygen atoms in total. The SMILES string of the molecule is CO/N=C(\C(=O)N[C@@H]1C(=O)N2C(C(=O)[O-])=C(C[n+]3csc4c3CCCC4)CS[C@H]12)c1csc(N)n1. The van der Waals surface area contributed by atoms with Gasteiger partial charge in [-0.1, -0.05) is 16.5 Å². The minimum absolute atomic E-state index is 0.106. The molecule has 1 saturated heterocycles. The molecule has 0 saturated carbocycles. The number of hydrogen-bond donors (Lipinski definition) is 2. The highest BCUT2D eigenvalue weighted by Crippen LogP contribution is 2.40. The first-order chi connectivity index (χ1) is 16.9. The number of carboxylic acid groups (broad SMARTS) is 1. The lowest BCUT2D eigenvalue weighted by atomic mass is 10.0. The topological polar surface area (TPSA) is 154 Å². The van der Waals surface area contributed by atoms with Crippen LogP contribution in [-0.4, -0.2) is 57.7 Å². The average molecular weight is 535 g/mol. The third-order valence-corrected chi connectivity index (χ3v) is 9.21. The van der Waals surface area contributed by atoms with Crippen LogP contribution in [0.25, 0.3) is 0 Å². The number of thiazole rings is 2. The zero-order chi connectivity index (χ0) is 24.7. The van der Waals surface area contributed by atoms with Gasteiger partial charge in [0.2, 0.25) is 5.51 Å². The van der Waals surface area contributed by atoms with Crippen molar-refractivity contribution in [3.63, 3.8) is 0 Å². The highest BCUT2D eigenvalue weighted by Gasteiger charge is 2.53. The van der Waals surface area contributed by atoms with E-state index in [1.165, 1.54) is 40.8 Å². The number of carbonyl (C=O) groups excluding carboxylic acids is 3. The molecule has 14 heteroatoms. The van der Waals surface area contributed by atoms with Crippen LogP contribution in [0.4, 0.5) is 5.13 Å². The molecular formula is C21H22N6O5S3. The molecule has 1 fully saturated rings. The summed E-state index contributed by atoms with van der Waals surface area (Å²) >= 11 is 4.23. The number of aliphatic carboxylic acids is 1. The van der Waals surface area contributed by atoms with Crippen molar-refractivity contribution in [2.45, 2.75) is 43.6 Å². The van der Waals surface area contributed by atoms with Gasteiger partial charge in [-0.2, -0.15) is 4.57 Å². The first-order valence-electron chi connectivity index (χ1n) is 10.9. The fraction of sp³-hybridized carbons (Fsp3) is 0.429. The van der Waals surface area contributed by atoms with Gasteiger partial charge in [-0.25, -0.2) is 4.98 Å². The quantitative estimate of drug-likeness (QED) is 0.207. The van der Waals surface area contributed by atoms with Crippen LogP contribution in [0.5, 0.6) is 0 Å². The second-order valence-corrected chi connectivity index (χ2v) is 11.2. The van der Waals surface area contributed by atoms with Crippen LogP contribution >= 0.6 is 34.4 Å². The second-order valence-electron chi connectivity index (χ2n) is 8.22. The maximum absolute atomic E-state index is 13.0. The van der Waals surface area contributed by atoms with Crippen molar-refractivity contribution in [3.8, 4) is 0 Å². The fourth-order valence-corrected chi connectivity index (χ4v) is 7.47. The van der Waals surface area contributed by atoms with E-state index in [2.05, 4.69) is 20.0 Å². The van der Waals surface area contributed by atoms with Crippen molar-refractivity contribution in [2.24, 2.45) is 5.16 Å². The van der Waals surface area contributed by atoms with Crippen molar-refractivity contribution in [1.29, 1.82) is 0 Å². The van der Waals surface area contributed by atoms with E-state index in [1.807, 2.05) is 5.51 Å². The van der Waals surface area contributed by atoms with Gasteiger partial charge in [-0.15, -0.1) is 23.1 Å². The third kappa shape index (κ3) is 4.29. The number of rotatable bonds is 7. The van der Waals surface area contributed by atoms with Crippen LogP contribution in [0, 0.1) is 0 Å². The van der Waals surface area contributed by atoms with Crippen molar-refractivity contribution in [1.82, 2.24) is 15.2 Å². The molecule has 0 spiro atoms. The summed E-state index contributed by atoms with van der Waals surface area (Å²) in [5.74, 6) is -2.17. The Balaban J connectivity index is 1.35. The number of anilines is 1. The largest absolute Gasteiger partial charge is 0.543 e. The molecule has 2 aromatic heterocycles. The van der Waals surface area contributed by atoms with E-state index in [-0.39, 0.29) is 22.2 Å². The molecule has 0 unspecified atom stereocenters. The number of fused-ring (bicyclic) bond motifs is 2. The number of amides is 2. The van der Waals surface area contributed by atoms with E-state index in [1.54, 1.807) is 16.7 Å². The van der Waals surface area contributed by atoms with Gasteiger partial charge in [-0.05, 0) is 19.3 Å². The summed E-state index contributed by atoms with van der Waals surface area (Å²) in [4.78, 5) is 49.4. The van der Waals surface area contributed by atoms with Gasteiger partial charge in [0.25, 0.3) is 11.8 Å². The maximum Gasteiger partial charge on any atom is 0.276 e. The van der Waals surface area contributed by atoms with Crippen LogP contribution in [0.3, 0.4) is 0 Å². The van der Waals surface area contributed by atoms with Crippen LogP contribution in [0.1, 0.15) is 29.1 Å². The van der Waals surface area contributed by atoms with Gasteiger partial charge in [-0.3, -0.25) is 14.5 Å². The van der Waals surface area contributed by atoms with E-state index in [4.69, 9.17) is 10.6 Å². The molecule has 5 rings (SSSR count). The molecule has 2 aliphatic heterocycles. The summed E-state index contributed by atoms with van der Waals surface area (Å²) in [6.07, 6.45) is 4.29. The predicted molar refractivity (Wildman–Crippen MR) is 128 cm³/mol. The van der Waals surface area contributed by atoms with Crippen molar-refractivity contribution in [3.05, 3.63) is 38.4 Å². The van der Waals surface area contributed by atoms with E-state index in [0.29, 0.717) is 17.9 Å². The standard InChI is InChI=1S/C21H22N6O5S3/c1-32-25-14(11-8-34-21(22)23-11)17(28)24-15-18(29)27-16(20(30)31)10(7-33-19(15)27)6-26-9-35-13-5-3-2-4-12(13)26/h8-9,15,19H,2-7H2,1H3,(H3-,22,23,24,28,30,31)/b25-14-/t15-,19-/m1/s1. The lowest BCUT2D eigenvalue weighted by molar-refractivity contribution is -0.692. The molecule has 2 atom stereocenters. The summed E-state index contributed by atoms with van der Waals surface area (Å²) in [6.45, 7) is 0.394. The van der Waals surface area contributed by atoms with E-state index in [9.17, 15) is 19.5 Å². The molecule has 0 aromatic carbocycles. The molecule has 35 heavy (non-hydrogen) atoms. The molecule has 3 aliphatic rings. The number of carbonyl (C=O) groups is 3. The van der Waals surface area contributed by atoms with E-state index < -0.39 is 29.2 Å². The van der Waals surface area contributed by atoms with E-state index in [0.717, 1.165) is 30.6 Å². The lowest BCUT2D eigenvalue weighted by Crippen LogP contribution is -2.71. The maximum atomic E-state index is 13.0. The molecule has 0 radical (unpaired) electrons. The van der Waals surface area contributed by atoms with Gasteiger partial charge in [0.1, 0.15) is 24.2 Å². The van der Waals surface area contributed by atoms with Gasteiger partial charge < -0.3 is 25.8 Å². The van der Waals surface area contributed by atoms with Crippen LogP contribution in [0.15, 0.2) is 27.3 Å². The van der Waals surface area contributed by atoms with Crippen molar-refractivity contribution in [2.75, 3.05) is 18.6 Å². The summed E-state index contributed by atoms with van der Waals surface area (Å²) in [5.41, 5.74) is 9.54. The Morgan fingerprint density at radius 3 is 2.89 bits per heavy atom. The number of aromatic nitrogens is 2. The number of nitrogen functional groups attached to an aromatic ring is 1. The minimum Gasteiger partial charge on any atom is -0.543 e. The number of nitrogens with one attached hydrogen (secondary N) is 1. The Bertz CT molecular complexity index is 1270. The molecule has 2 aromatic rings. The summed E-state index contributed by atoms with van der Waals surface area (Å²) in [7, 11) is 1.29. The highest BCUT2D eigenvalue weighted by molar-refractivity contribution is 8.00. The van der Waals surface area contributed by atoms with E-state index >= 15 is 0 Å². The Kier molecular flexibility index (Phi) is 6.51. The molecule has 1 aliphatic carbocycles. The summed E-state index contributed by atoms with van der Waals surface area (Å²) < 4.78 is 2.09. The number of nitrogens with zero attached hydrogens (tertiary/aromatic N) is 4. The zero-order valence-corrected chi connectivity index (χ0v) is 21.1. The molecule has 0 bridgehead atoms. The fourth-order valence-electron chi connectivity index (χ4n) is 4.52. The Labute approximate surface area is 212 Å². The second kappa shape index (κ2) is 9.59. The number of hydrogen-bond acceptors (Lipinski definition) is 11. The normalized spacial score (nSPS) is 21.8. The van der Waals surface area contributed by atoms with Gasteiger partial charge >= 0.3 is 0 Å². The monoisotopic (exact) mass is 534 g/mol. The smallest absolute Gasteiger partial charge is 0.276 e. The first-order valence-corrected chi connectivity index (χ1v) is 13.7. The number of nitrogens with two attached hydrogens (primary N) is 1. The Morgan fingerprint density at radius 1 is 1.37 bits per heavy atom. The lowest BCUT2D eigenvalue weighted by Gasteiger charge is -2.50. The third-order valence-electron chi connectivity index (χ3n) is 6.11. The van der Waals surface area contributed by atoms with Crippen LogP contribution in [0.2, 0.25) is 0 Å². The molecule has 3 N–H and O–H groups in total. The highest BCUT2D eigenvalue weighted by atomic mass is 32.2.